The quantitative estimate of drug-likeness (QED) is 0.752. The number of amides is 1. The Labute approximate surface area is 147 Å². The molecule has 1 amide bonds. The van der Waals surface area contributed by atoms with Crippen molar-refractivity contribution in [2.45, 2.75) is 13.0 Å². The van der Waals surface area contributed by atoms with E-state index in [1.807, 2.05) is 31.2 Å². The molecule has 122 valence electrons. The Morgan fingerprint density at radius 1 is 1.12 bits per heavy atom. The molecule has 3 aromatic rings. The standard InChI is InChI=1S/C18H16BrN3O2/c1-11(12-7-5-6-10-15(12)19)20-17(23)16-13-8-3-4-9-14(13)18(24)22(2)21-16/h3-11H,1-2H3,(H,20,23)/t11-/m0/s1. The largest absolute Gasteiger partial charge is 0.344 e. The molecule has 6 heteroatoms. The van der Waals surface area contributed by atoms with Crippen molar-refractivity contribution in [2.24, 2.45) is 7.05 Å². The zero-order chi connectivity index (χ0) is 17.3. The van der Waals surface area contributed by atoms with Crippen LogP contribution in [0.5, 0.6) is 0 Å². The fourth-order valence-corrected chi connectivity index (χ4v) is 3.26. The van der Waals surface area contributed by atoms with Gasteiger partial charge in [-0.15, -0.1) is 0 Å². The van der Waals surface area contributed by atoms with Crippen LogP contribution in [0.4, 0.5) is 0 Å². The Morgan fingerprint density at radius 2 is 1.75 bits per heavy atom. The molecule has 0 aliphatic carbocycles. The first kappa shape index (κ1) is 16.4. The van der Waals surface area contributed by atoms with Gasteiger partial charge in [-0.3, -0.25) is 9.59 Å². The molecule has 3 rings (SSSR count). The minimum Gasteiger partial charge on any atom is -0.344 e. The van der Waals surface area contributed by atoms with E-state index < -0.39 is 0 Å². The average Bonchev–Trinajstić information content (AvgIpc) is 2.58. The third kappa shape index (κ3) is 2.97. The second-order valence-corrected chi connectivity index (χ2v) is 6.39. The number of aromatic nitrogens is 2. The highest BCUT2D eigenvalue weighted by molar-refractivity contribution is 9.10. The third-order valence-corrected chi connectivity index (χ3v) is 4.61. The zero-order valence-corrected chi connectivity index (χ0v) is 14.9. The molecule has 24 heavy (non-hydrogen) atoms. The van der Waals surface area contributed by atoms with Gasteiger partial charge in [-0.2, -0.15) is 5.10 Å². The average molecular weight is 386 g/mol. The maximum atomic E-state index is 12.7. The second kappa shape index (κ2) is 6.57. The van der Waals surface area contributed by atoms with Crippen LogP contribution in [0.25, 0.3) is 10.8 Å². The first-order chi connectivity index (χ1) is 11.5. The SMILES string of the molecule is C[C@H](NC(=O)c1nn(C)c(=O)c2ccccc12)c1ccccc1Br. The number of fused-ring (bicyclic) bond motifs is 1. The number of carbonyl (C=O) groups is 1. The van der Waals surface area contributed by atoms with Gasteiger partial charge < -0.3 is 5.32 Å². The molecule has 0 aliphatic rings. The van der Waals surface area contributed by atoms with Gasteiger partial charge in [-0.25, -0.2) is 4.68 Å². The lowest BCUT2D eigenvalue weighted by Crippen LogP contribution is -2.31. The highest BCUT2D eigenvalue weighted by Crippen LogP contribution is 2.23. The fourth-order valence-electron chi connectivity index (χ4n) is 2.64. The molecule has 0 aliphatic heterocycles. The maximum absolute atomic E-state index is 12.7. The van der Waals surface area contributed by atoms with E-state index >= 15 is 0 Å². The van der Waals surface area contributed by atoms with Crippen molar-refractivity contribution in [2.75, 3.05) is 0 Å². The monoisotopic (exact) mass is 385 g/mol. The summed E-state index contributed by atoms with van der Waals surface area (Å²) in [7, 11) is 1.54. The van der Waals surface area contributed by atoms with E-state index in [9.17, 15) is 9.59 Å². The van der Waals surface area contributed by atoms with E-state index in [1.165, 1.54) is 4.68 Å². The number of aryl methyl sites for hydroxylation is 1. The van der Waals surface area contributed by atoms with E-state index in [0.717, 1.165) is 10.0 Å². The Balaban J connectivity index is 1.99. The predicted molar refractivity (Wildman–Crippen MR) is 97.0 cm³/mol. The summed E-state index contributed by atoms with van der Waals surface area (Å²) >= 11 is 3.49. The van der Waals surface area contributed by atoms with Gasteiger partial charge in [-0.05, 0) is 24.6 Å². The number of nitrogens with one attached hydrogen (secondary N) is 1. The molecule has 0 saturated heterocycles. The minimum atomic E-state index is -0.315. The van der Waals surface area contributed by atoms with Crippen LogP contribution in [0.15, 0.2) is 57.8 Å². The number of hydrogen-bond donors (Lipinski definition) is 1. The first-order valence-corrected chi connectivity index (χ1v) is 8.29. The van der Waals surface area contributed by atoms with E-state index in [1.54, 1.807) is 31.3 Å². The van der Waals surface area contributed by atoms with Gasteiger partial charge in [0.25, 0.3) is 11.5 Å². The van der Waals surface area contributed by atoms with E-state index in [-0.39, 0.29) is 23.2 Å². The molecule has 0 fully saturated rings. The summed E-state index contributed by atoms with van der Waals surface area (Å²) < 4.78 is 2.12. The fraction of sp³-hybridized carbons (Fsp3) is 0.167. The van der Waals surface area contributed by atoms with E-state index in [2.05, 4.69) is 26.3 Å². The summed E-state index contributed by atoms with van der Waals surface area (Å²) in [5.41, 5.74) is 0.993. The number of hydrogen-bond acceptors (Lipinski definition) is 3. The molecule has 1 aromatic heterocycles. The predicted octanol–water partition coefficient (Wildman–Crippen LogP) is 3.19. The molecular formula is C18H16BrN3O2. The lowest BCUT2D eigenvalue weighted by atomic mass is 10.1. The van der Waals surface area contributed by atoms with Gasteiger partial charge >= 0.3 is 0 Å². The molecule has 0 unspecified atom stereocenters. The number of nitrogens with zero attached hydrogens (tertiary/aromatic N) is 2. The van der Waals surface area contributed by atoms with Crippen molar-refractivity contribution in [3.8, 4) is 0 Å². The van der Waals surface area contributed by atoms with E-state index in [4.69, 9.17) is 0 Å². The van der Waals surface area contributed by atoms with Crippen LogP contribution in [0.2, 0.25) is 0 Å². The van der Waals surface area contributed by atoms with Crippen molar-refractivity contribution in [3.05, 3.63) is 74.6 Å². The Hall–Kier alpha value is -2.47. The van der Waals surface area contributed by atoms with Crippen molar-refractivity contribution >= 4 is 32.6 Å². The summed E-state index contributed by atoms with van der Waals surface area (Å²) in [5, 5.41) is 8.13. The second-order valence-electron chi connectivity index (χ2n) is 5.54. The summed E-state index contributed by atoms with van der Waals surface area (Å²) in [6.07, 6.45) is 0. The molecule has 0 bridgehead atoms. The van der Waals surface area contributed by atoms with Gasteiger partial charge in [-0.1, -0.05) is 52.3 Å². The highest BCUT2D eigenvalue weighted by Gasteiger charge is 2.18. The molecule has 0 spiro atoms. The summed E-state index contributed by atoms with van der Waals surface area (Å²) in [6, 6.07) is 14.5. The zero-order valence-electron chi connectivity index (χ0n) is 13.3. The Kier molecular flexibility index (Phi) is 4.49. The first-order valence-electron chi connectivity index (χ1n) is 7.50. The lowest BCUT2D eigenvalue weighted by Gasteiger charge is -2.16. The van der Waals surface area contributed by atoms with Gasteiger partial charge in [0.15, 0.2) is 5.69 Å². The number of benzene rings is 2. The minimum absolute atomic E-state index is 0.203. The Morgan fingerprint density at radius 3 is 2.46 bits per heavy atom. The highest BCUT2D eigenvalue weighted by atomic mass is 79.9. The van der Waals surface area contributed by atoms with Crippen molar-refractivity contribution in [3.63, 3.8) is 0 Å². The van der Waals surface area contributed by atoms with Crippen LogP contribution in [0.3, 0.4) is 0 Å². The molecule has 1 atom stereocenters. The van der Waals surface area contributed by atoms with Gasteiger partial charge in [0.1, 0.15) is 0 Å². The van der Waals surface area contributed by atoms with Crippen molar-refractivity contribution in [1.29, 1.82) is 0 Å². The molecule has 1 heterocycles. The molecule has 0 radical (unpaired) electrons. The topological polar surface area (TPSA) is 64.0 Å². The Bertz CT molecular complexity index is 981. The smallest absolute Gasteiger partial charge is 0.274 e. The van der Waals surface area contributed by atoms with Gasteiger partial charge in [0, 0.05) is 16.9 Å². The van der Waals surface area contributed by atoms with Gasteiger partial charge in [0.2, 0.25) is 0 Å². The molecule has 0 saturated carbocycles. The third-order valence-electron chi connectivity index (χ3n) is 3.89. The van der Waals surface area contributed by atoms with Crippen molar-refractivity contribution in [1.82, 2.24) is 15.1 Å². The van der Waals surface area contributed by atoms with Crippen molar-refractivity contribution < 1.29 is 4.79 Å². The molecular weight excluding hydrogens is 370 g/mol. The number of rotatable bonds is 3. The molecule has 5 nitrogen and oxygen atoms in total. The number of halogens is 1. The van der Waals surface area contributed by atoms with Gasteiger partial charge in [0.05, 0.1) is 11.4 Å². The normalized spacial score (nSPS) is 12.1. The number of carbonyl (C=O) groups excluding carboxylic acids is 1. The van der Waals surface area contributed by atoms with Crippen LogP contribution in [-0.2, 0) is 7.05 Å². The van der Waals surface area contributed by atoms with E-state index in [0.29, 0.717) is 10.8 Å². The van der Waals surface area contributed by atoms with Crippen LogP contribution >= 0.6 is 15.9 Å². The maximum Gasteiger partial charge on any atom is 0.274 e. The van der Waals surface area contributed by atoms with Crippen LogP contribution in [0.1, 0.15) is 29.0 Å². The molecule has 1 N–H and O–H groups in total. The molecule has 2 aromatic carbocycles. The summed E-state index contributed by atoms with van der Waals surface area (Å²) in [4.78, 5) is 24.9. The van der Waals surface area contributed by atoms with Crippen LogP contribution < -0.4 is 10.9 Å². The summed E-state index contributed by atoms with van der Waals surface area (Å²) in [6.45, 7) is 1.90. The summed E-state index contributed by atoms with van der Waals surface area (Å²) in [5.74, 6) is -0.315. The van der Waals surface area contributed by atoms with Crippen LogP contribution in [-0.4, -0.2) is 15.7 Å². The van der Waals surface area contributed by atoms with Crippen LogP contribution in [0, 0.1) is 0 Å². The lowest BCUT2D eigenvalue weighted by molar-refractivity contribution is 0.0934.